The molecule has 1 unspecified atom stereocenters. The summed E-state index contributed by atoms with van der Waals surface area (Å²) in [6.45, 7) is -1.64. The van der Waals surface area contributed by atoms with Gasteiger partial charge in [0.2, 0.25) is 5.91 Å². The number of rotatable bonds is 13. The number of nitrogens with two attached hydrogens (primary N) is 3. The molecular formula is C29H36FN10O11P. The fourth-order valence-corrected chi connectivity index (χ4v) is 6.85. The SMILES string of the molecule is COc1ccc(C[C@H](N)C(=O)N[C@H]2[C@@H](F)[C@H](n3cnc4c(N)ncnc43)O[C@@H]2COP(=O)(O)O[C@H]2[C@@H](O)[C@H](n3ccc(N)nc3=O)O[C@@H]2CO)cc1. The van der Waals surface area contributed by atoms with Gasteiger partial charge in [-0.1, -0.05) is 12.1 Å². The van der Waals surface area contributed by atoms with E-state index in [-0.39, 0.29) is 29.2 Å². The Balaban J connectivity index is 1.19. The second-order valence-electron chi connectivity index (χ2n) is 11.9. The molecule has 4 aromatic rings. The Morgan fingerprint density at radius 2 is 1.85 bits per heavy atom. The third-order valence-electron chi connectivity index (χ3n) is 8.52. The highest BCUT2D eigenvalue weighted by atomic mass is 31.2. The van der Waals surface area contributed by atoms with Crippen molar-refractivity contribution < 1.29 is 52.1 Å². The molecule has 1 amide bonds. The van der Waals surface area contributed by atoms with Gasteiger partial charge in [-0.15, -0.1) is 0 Å². The number of aromatic nitrogens is 6. The van der Waals surface area contributed by atoms with Gasteiger partial charge in [0.05, 0.1) is 38.7 Å². The number of benzene rings is 1. The lowest BCUT2D eigenvalue weighted by Gasteiger charge is -2.25. The largest absolute Gasteiger partial charge is 0.497 e. The number of nitrogens with one attached hydrogen (secondary N) is 1. The molecule has 3 aromatic heterocycles. The predicted octanol–water partition coefficient (Wildman–Crippen LogP) is -1.70. The molecule has 10 atom stereocenters. The summed E-state index contributed by atoms with van der Waals surface area (Å²) in [7, 11) is -3.67. The minimum atomic E-state index is -5.18. The van der Waals surface area contributed by atoms with E-state index in [0.717, 1.165) is 10.9 Å². The number of imidazole rings is 1. The minimum absolute atomic E-state index is 0.0174. The first-order valence-corrected chi connectivity index (χ1v) is 17.2. The van der Waals surface area contributed by atoms with E-state index in [2.05, 4.69) is 25.3 Å². The van der Waals surface area contributed by atoms with Crippen LogP contribution in [0.2, 0.25) is 0 Å². The zero-order valence-corrected chi connectivity index (χ0v) is 28.2. The maximum absolute atomic E-state index is 16.3. The number of fused-ring (bicyclic) bond motifs is 1. The number of ether oxygens (including phenoxy) is 3. The van der Waals surface area contributed by atoms with E-state index in [1.54, 1.807) is 24.3 Å². The number of alkyl halides is 1. The molecular weight excluding hydrogens is 714 g/mol. The summed E-state index contributed by atoms with van der Waals surface area (Å²) < 4.78 is 58.6. The van der Waals surface area contributed by atoms with Gasteiger partial charge >= 0.3 is 13.5 Å². The zero-order chi connectivity index (χ0) is 37.3. The summed E-state index contributed by atoms with van der Waals surface area (Å²) in [4.78, 5) is 52.0. The first kappa shape index (κ1) is 37.1. The number of aliphatic hydroxyl groups excluding tert-OH is 2. The van der Waals surface area contributed by atoms with Crippen LogP contribution in [0.25, 0.3) is 11.2 Å². The monoisotopic (exact) mass is 750 g/mol. The summed E-state index contributed by atoms with van der Waals surface area (Å²) in [5.74, 6) is -0.255. The van der Waals surface area contributed by atoms with Gasteiger partial charge in [0.15, 0.2) is 30.1 Å². The molecule has 2 aliphatic heterocycles. The molecule has 0 bridgehead atoms. The molecule has 0 saturated carbocycles. The van der Waals surface area contributed by atoms with Crippen LogP contribution in [0.3, 0.4) is 0 Å². The van der Waals surface area contributed by atoms with E-state index in [1.165, 1.54) is 30.3 Å². The van der Waals surface area contributed by atoms with Crippen molar-refractivity contribution in [1.82, 2.24) is 34.4 Å². The van der Waals surface area contributed by atoms with Crippen molar-refractivity contribution in [2.24, 2.45) is 5.73 Å². The molecule has 0 spiro atoms. The van der Waals surface area contributed by atoms with Crippen molar-refractivity contribution in [3.8, 4) is 5.75 Å². The fourth-order valence-electron chi connectivity index (χ4n) is 5.89. The van der Waals surface area contributed by atoms with Gasteiger partial charge in [-0.25, -0.2) is 28.7 Å². The molecule has 21 nitrogen and oxygen atoms in total. The first-order valence-electron chi connectivity index (χ1n) is 15.7. The van der Waals surface area contributed by atoms with E-state index >= 15 is 4.39 Å². The Hall–Kier alpha value is -4.64. The van der Waals surface area contributed by atoms with E-state index in [1.807, 2.05) is 0 Å². The van der Waals surface area contributed by atoms with Crippen LogP contribution in [0.4, 0.5) is 16.0 Å². The molecule has 10 N–H and O–H groups in total. The topological polar surface area (TPSA) is 310 Å². The number of carbonyl (C=O) groups is 1. The molecule has 280 valence electrons. The fraction of sp³-hybridized carbons (Fsp3) is 0.448. The molecule has 2 aliphatic rings. The third kappa shape index (κ3) is 7.60. The van der Waals surface area contributed by atoms with E-state index < -0.39 is 87.8 Å². The summed E-state index contributed by atoms with van der Waals surface area (Å²) in [6, 6.07) is 5.41. The minimum Gasteiger partial charge on any atom is -0.497 e. The number of hydrogen-bond acceptors (Lipinski definition) is 17. The van der Waals surface area contributed by atoms with Crippen LogP contribution >= 0.6 is 7.82 Å². The Morgan fingerprint density at radius 3 is 2.54 bits per heavy atom. The second kappa shape index (κ2) is 15.1. The Bertz CT molecular complexity index is 2000. The summed E-state index contributed by atoms with van der Waals surface area (Å²) >= 11 is 0. The van der Waals surface area contributed by atoms with Crippen molar-refractivity contribution in [3.05, 3.63) is 65.2 Å². The Kier molecular flexibility index (Phi) is 10.8. The molecule has 23 heteroatoms. The van der Waals surface area contributed by atoms with Crippen LogP contribution in [0.1, 0.15) is 18.0 Å². The average Bonchev–Trinajstić information content (AvgIpc) is 3.78. The van der Waals surface area contributed by atoms with E-state index in [4.69, 9.17) is 40.5 Å². The number of nitrogens with zero attached hydrogens (tertiary/aromatic N) is 6. The Labute approximate surface area is 293 Å². The number of phosphoric ester groups is 1. The third-order valence-corrected chi connectivity index (χ3v) is 9.51. The van der Waals surface area contributed by atoms with Crippen LogP contribution in [0.15, 0.2) is 54.0 Å². The average molecular weight is 751 g/mol. The molecule has 1 aromatic carbocycles. The summed E-state index contributed by atoms with van der Waals surface area (Å²) in [5, 5.41) is 23.3. The number of phosphoric acid groups is 1. The Morgan fingerprint density at radius 1 is 1.12 bits per heavy atom. The zero-order valence-electron chi connectivity index (χ0n) is 27.3. The number of halogens is 1. The predicted molar refractivity (Wildman–Crippen MR) is 176 cm³/mol. The number of hydrogen-bond donors (Lipinski definition) is 7. The second-order valence-corrected chi connectivity index (χ2v) is 13.3. The lowest BCUT2D eigenvalue weighted by atomic mass is 10.0. The number of anilines is 2. The van der Waals surface area contributed by atoms with Crippen molar-refractivity contribution in [3.63, 3.8) is 0 Å². The van der Waals surface area contributed by atoms with Gasteiger partial charge in [-0.05, 0) is 30.2 Å². The highest BCUT2D eigenvalue weighted by Gasteiger charge is 2.51. The molecule has 0 aliphatic carbocycles. The van der Waals surface area contributed by atoms with Crippen LogP contribution in [-0.2, 0) is 34.3 Å². The van der Waals surface area contributed by atoms with Gasteiger partial charge < -0.3 is 51.8 Å². The normalized spacial score (nSPS) is 27.7. The highest BCUT2D eigenvalue weighted by molar-refractivity contribution is 7.47. The maximum Gasteiger partial charge on any atom is 0.472 e. The van der Waals surface area contributed by atoms with Crippen molar-refractivity contribution >= 4 is 36.5 Å². The smallest absolute Gasteiger partial charge is 0.472 e. The van der Waals surface area contributed by atoms with Gasteiger partial charge in [-0.3, -0.25) is 23.0 Å². The summed E-state index contributed by atoms with van der Waals surface area (Å²) in [5.41, 5.74) is 17.6. The van der Waals surface area contributed by atoms with Crippen molar-refractivity contribution in [2.45, 2.75) is 61.5 Å². The number of aliphatic hydroxyl groups is 2. The molecule has 2 saturated heterocycles. The van der Waals surface area contributed by atoms with Crippen molar-refractivity contribution in [2.75, 3.05) is 31.8 Å². The van der Waals surface area contributed by atoms with Gasteiger partial charge in [-0.2, -0.15) is 4.98 Å². The van der Waals surface area contributed by atoms with Crippen LogP contribution in [0.5, 0.6) is 5.75 Å². The standard InChI is InChI=1S/C29H36FN10O11P/c1-47-14-4-2-13(3-5-14)8-15(31)26(43)38-20-17(50-27(19(20)30)40-12-36-21-24(33)34-11-35-25(21)40)10-48-52(45,46)51-23-16(9-41)49-28(22(23)42)39-7-6-18(32)37-29(39)44/h2-7,11-12,15-17,19-20,22-23,27-28,41-42H,8-10,31H2,1H3,(H,38,43)(H,45,46)(H2,32,37,44)(H2,33,34,35)/t15-,16+,17+,19+,20+,22+,23+,27+,28+/m0/s1. The molecule has 2 fully saturated rings. The van der Waals surface area contributed by atoms with Gasteiger partial charge in [0, 0.05) is 6.20 Å². The maximum atomic E-state index is 16.3. The van der Waals surface area contributed by atoms with E-state index in [9.17, 15) is 29.3 Å². The molecule has 6 rings (SSSR count). The quantitative estimate of drug-likeness (QED) is 0.0749. The first-order chi connectivity index (χ1) is 24.8. The lowest BCUT2D eigenvalue weighted by Crippen LogP contribution is -2.52. The molecule has 52 heavy (non-hydrogen) atoms. The van der Waals surface area contributed by atoms with Crippen molar-refractivity contribution in [1.29, 1.82) is 0 Å². The van der Waals surface area contributed by atoms with Gasteiger partial charge in [0.25, 0.3) is 0 Å². The van der Waals surface area contributed by atoms with E-state index in [0.29, 0.717) is 11.3 Å². The molecule has 0 radical (unpaired) electrons. The van der Waals surface area contributed by atoms with Crippen LogP contribution in [-0.4, -0.2) is 113 Å². The number of methoxy groups -OCH3 is 1. The number of amides is 1. The highest BCUT2D eigenvalue weighted by Crippen LogP contribution is 2.49. The number of nitrogen functional groups attached to an aromatic ring is 2. The lowest BCUT2D eigenvalue weighted by molar-refractivity contribution is -0.123. The number of carbonyl (C=O) groups excluding carboxylic acids is 1. The van der Waals surface area contributed by atoms with Crippen LogP contribution in [0, 0.1) is 0 Å². The van der Waals surface area contributed by atoms with Gasteiger partial charge in [0.1, 0.15) is 47.8 Å². The molecule has 5 heterocycles. The summed E-state index contributed by atoms with van der Waals surface area (Å²) in [6.07, 6.45) is -7.73. The van der Waals surface area contributed by atoms with Crippen LogP contribution < -0.4 is 32.9 Å².